The first-order valence-corrected chi connectivity index (χ1v) is 7.60. The Labute approximate surface area is 131 Å². The molecule has 0 spiro atoms. The van der Waals surface area contributed by atoms with E-state index in [2.05, 4.69) is 21.2 Å². The number of rotatable bonds is 4. The maximum absolute atomic E-state index is 12.3. The first-order chi connectivity index (χ1) is 9.58. The van der Waals surface area contributed by atoms with Crippen LogP contribution in [0.2, 0.25) is 5.02 Å². The second-order valence-corrected chi connectivity index (χ2v) is 5.46. The van der Waals surface area contributed by atoms with Gasteiger partial charge in [0.1, 0.15) is 0 Å². The average Bonchev–Trinajstić information content (AvgIpc) is 2.85. The van der Waals surface area contributed by atoms with E-state index in [0.717, 1.165) is 29.7 Å². The summed E-state index contributed by atoms with van der Waals surface area (Å²) >= 11 is 9.43. The molecule has 0 radical (unpaired) electrons. The largest absolute Gasteiger partial charge is 0.457 e. The molecule has 0 saturated heterocycles. The Morgan fingerprint density at radius 1 is 1.30 bits per heavy atom. The van der Waals surface area contributed by atoms with Crippen molar-refractivity contribution in [3.8, 4) is 0 Å². The summed E-state index contributed by atoms with van der Waals surface area (Å²) in [5, 5.41) is 3.62. The number of nitrogens with one attached hydrogen (secondary N) is 1. The Kier molecular flexibility index (Phi) is 4.89. The van der Waals surface area contributed by atoms with Gasteiger partial charge in [0.15, 0.2) is 4.67 Å². The molecule has 106 valence electrons. The molecule has 20 heavy (non-hydrogen) atoms. The SMILES string of the molecule is CCc1ccc(Cl)c(CC)c1NC(=O)c1ccoc1Br. The van der Waals surface area contributed by atoms with Crippen LogP contribution in [0.5, 0.6) is 0 Å². The number of hydrogen-bond acceptors (Lipinski definition) is 2. The van der Waals surface area contributed by atoms with E-state index in [9.17, 15) is 4.79 Å². The summed E-state index contributed by atoms with van der Waals surface area (Å²) in [6.07, 6.45) is 3.06. The van der Waals surface area contributed by atoms with Crippen molar-refractivity contribution in [1.29, 1.82) is 0 Å². The quantitative estimate of drug-likeness (QED) is 0.830. The molecule has 0 aliphatic carbocycles. The van der Waals surface area contributed by atoms with Gasteiger partial charge in [0.05, 0.1) is 11.8 Å². The van der Waals surface area contributed by atoms with E-state index in [1.54, 1.807) is 6.07 Å². The molecule has 1 N–H and O–H groups in total. The summed E-state index contributed by atoms with van der Waals surface area (Å²) in [7, 11) is 0. The van der Waals surface area contributed by atoms with Gasteiger partial charge in [0, 0.05) is 10.7 Å². The lowest BCUT2D eigenvalue weighted by Crippen LogP contribution is -2.15. The van der Waals surface area contributed by atoms with Crippen molar-refractivity contribution in [1.82, 2.24) is 0 Å². The lowest BCUT2D eigenvalue weighted by Gasteiger charge is -2.15. The number of benzene rings is 1. The number of hydrogen-bond donors (Lipinski definition) is 1. The zero-order chi connectivity index (χ0) is 14.7. The molecule has 1 aromatic carbocycles. The molecule has 0 unspecified atom stereocenters. The Hall–Kier alpha value is -1.26. The lowest BCUT2D eigenvalue weighted by atomic mass is 10.0. The third kappa shape index (κ3) is 2.91. The zero-order valence-corrected chi connectivity index (χ0v) is 13.6. The number of amides is 1. The molecule has 1 aromatic heterocycles. The second-order valence-electron chi connectivity index (χ2n) is 4.33. The van der Waals surface area contributed by atoms with E-state index in [1.165, 1.54) is 6.26 Å². The molecule has 0 aliphatic rings. The highest BCUT2D eigenvalue weighted by atomic mass is 79.9. The van der Waals surface area contributed by atoms with Gasteiger partial charge in [-0.25, -0.2) is 0 Å². The molecule has 0 saturated carbocycles. The summed E-state index contributed by atoms with van der Waals surface area (Å²) in [6, 6.07) is 5.45. The molecule has 2 rings (SSSR count). The van der Waals surface area contributed by atoms with E-state index in [1.807, 2.05) is 26.0 Å². The Morgan fingerprint density at radius 3 is 2.60 bits per heavy atom. The van der Waals surface area contributed by atoms with Gasteiger partial charge in [0.2, 0.25) is 0 Å². The van der Waals surface area contributed by atoms with Crippen LogP contribution in [0.1, 0.15) is 35.3 Å². The molecule has 2 aromatic rings. The Bertz CT molecular complexity index is 637. The van der Waals surface area contributed by atoms with Crippen molar-refractivity contribution >= 4 is 39.1 Å². The van der Waals surface area contributed by atoms with E-state index < -0.39 is 0 Å². The number of halogens is 2. The fourth-order valence-corrected chi connectivity index (χ4v) is 2.81. The predicted molar refractivity (Wildman–Crippen MR) is 84.6 cm³/mol. The minimum Gasteiger partial charge on any atom is -0.457 e. The third-order valence-corrected chi connectivity index (χ3v) is 4.15. The normalized spacial score (nSPS) is 10.6. The van der Waals surface area contributed by atoms with Gasteiger partial charge in [0.25, 0.3) is 5.91 Å². The molecule has 0 aliphatic heterocycles. The number of carbonyl (C=O) groups is 1. The van der Waals surface area contributed by atoms with Crippen LogP contribution < -0.4 is 5.32 Å². The summed E-state index contributed by atoms with van der Waals surface area (Å²) in [5.74, 6) is -0.211. The van der Waals surface area contributed by atoms with Crippen LogP contribution in [0.15, 0.2) is 33.5 Å². The standard InChI is InChI=1S/C15H15BrClNO2/c1-3-9-5-6-12(17)10(4-2)13(9)18-15(19)11-7-8-20-14(11)16/h5-8H,3-4H2,1-2H3,(H,18,19). The van der Waals surface area contributed by atoms with Gasteiger partial charge >= 0.3 is 0 Å². The van der Waals surface area contributed by atoms with Crippen LogP contribution in [-0.2, 0) is 12.8 Å². The predicted octanol–water partition coefficient (Wildman–Crippen LogP) is 5.07. The average molecular weight is 357 g/mol. The molecule has 0 atom stereocenters. The minimum absolute atomic E-state index is 0.211. The second kappa shape index (κ2) is 6.46. The fraction of sp³-hybridized carbons (Fsp3) is 0.267. The van der Waals surface area contributed by atoms with Crippen LogP contribution >= 0.6 is 27.5 Å². The van der Waals surface area contributed by atoms with Crippen LogP contribution in [0, 0.1) is 0 Å². The monoisotopic (exact) mass is 355 g/mol. The summed E-state index contributed by atoms with van der Waals surface area (Å²) in [4.78, 5) is 12.3. The molecule has 0 bridgehead atoms. The molecule has 5 heteroatoms. The highest BCUT2D eigenvalue weighted by molar-refractivity contribution is 9.10. The van der Waals surface area contributed by atoms with Crippen molar-refractivity contribution in [2.24, 2.45) is 0 Å². The van der Waals surface area contributed by atoms with Crippen molar-refractivity contribution < 1.29 is 9.21 Å². The lowest BCUT2D eigenvalue weighted by molar-refractivity contribution is 0.102. The third-order valence-electron chi connectivity index (χ3n) is 3.18. The minimum atomic E-state index is -0.211. The van der Waals surface area contributed by atoms with Crippen molar-refractivity contribution in [2.75, 3.05) is 5.32 Å². The Morgan fingerprint density at radius 2 is 2.05 bits per heavy atom. The van der Waals surface area contributed by atoms with Gasteiger partial charge < -0.3 is 9.73 Å². The van der Waals surface area contributed by atoms with E-state index in [0.29, 0.717) is 15.3 Å². The van der Waals surface area contributed by atoms with Crippen molar-refractivity contribution in [3.63, 3.8) is 0 Å². The van der Waals surface area contributed by atoms with Gasteiger partial charge in [-0.1, -0.05) is 31.5 Å². The maximum atomic E-state index is 12.3. The summed E-state index contributed by atoms with van der Waals surface area (Å²) < 4.78 is 5.51. The first-order valence-electron chi connectivity index (χ1n) is 6.43. The Balaban J connectivity index is 2.40. The van der Waals surface area contributed by atoms with Crippen LogP contribution in [0.4, 0.5) is 5.69 Å². The van der Waals surface area contributed by atoms with Crippen LogP contribution in [0.3, 0.4) is 0 Å². The number of aryl methyl sites for hydroxylation is 1. The number of carbonyl (C=O) groups excluding carboxylic acids is 1. The topological polar surface area (TPSA) is 42.2 Å². The van der Waals surface area contributed by atoms with Gasteiger partial charge in [-0.05, 0) is 52.0 Å². The van der Waals surface area contributed by atoms with Gasteiger partial charge in [-0.3, -0.25) is 4.79 Å². The van der Waals surface area contributed by atoms with Crippen molar-refractivity contribution in [3.05, 3.63) is 50.8 Å². The molecule has 1 amide bonds. The fourth-order valence-electron chi connectivity index (χ4n) is 2.10. The molecule has 3 nitrogen and oxygen atoms in total. The smallest absolute Gasteiger partial charge is 0.260 e. The number of furan rings is 1. The molecule has 0 fully saturated rings. The van der Waals surface area contributed by atoms with Gasteiger partial charge in [-0.2, -0.15) is 0 Å². The molecular weight excluding hydrogens is 342 g/mol. The summed E-state index contributed by atoms with van der Waals surface area (Å²) in [6.45, 7) is 4.07. The van der Waals surface area contributed by atoms with Crippen LogP contribution in [-0.4, -0.2) is 5.91 Å². The highest BCUT2D eigenvalue weighted by Crippen LogP contribution is 2.30. The van der Waals surface area contributed by atoms with Crippen LogP contribution in [0.25, 0.3) is 0 Å². The maximum Gasteiger partial charge on any atom is 0.260 e. The zero-order valence-electron chi connectivity index (χ0n) is 11.3. The van der Waals surface area contributed by atoms with E-state index in [-0.39, 0.29) is 5.91 Å². The van der Waals surface area contributed by atoms with Gasteiger partial charge in [-0.15, -0.1) is 0 Å². The summed E-state index contributed by atoms with van der Waals surface area (Å²) in [5.41, 5.74) is 3.30. The number of anilines is 1. The van der Waals surface area contributed by atoms with E-state index >= 15 is 0 Å². The first kappa shape index (κ1) is 15.1. The van der Waals surface area contributed by atoms with E-state index in [4.69, 9.17) is 16.0 Å². The molecule has 1 heterocycles. The van der Waals surface area contributed by atoms with Crippen molar-refractivity contribution in [2.45, 2.75) is 26.7 Å². The molecular formula is C15H15BrClNO2. The highest BCUT2D eigenvalue weighted by Gasteiger charge is 2.17.